The van der Waals surface area contributed by atoms with Gasteiger partial charge in [0, 0.05) is 38.4 Å². The standard InChI is InChI=1S/C13H14Cl2FN3O/c1-8(20)17-4-5-19-12-7-10(16)9(15)6-11(12)18-13(19)2-3-14/h6-7H,2-5H2,1H3,(H,17,20). The minimum atomic E-state index is -0.489. The Bertz CT molecular complexity index is 642. The van der Waals surface area contributed by atoms with Gasteiger partial charge in [-0.3, -0.25) is 4.79 Å². The predicted octanol–water partition coefficient (Wildman–Crippen LogP) is 2.75. The summed E-state index contributed by atoms with van der Waals surface area (Å²) < 4.78 is 15.5. The molecule has 0 aliphatic heterocycles. The van der Waals surface area contributed by atoms with Crippen LogP contribution in [0.1, 0.15) is 12.7 Å². The molecule has 0 radical (unpaired) electrons. The number of fused-ring (bicyclic) bond motifs is 1. The summed E-state index contributed by atoms with van der Waals surface area (Å²) in [6.45, 7) is 2.40. The molecule has 0 saturated heterocycles. The largest absolute Gasteiger partial charge is 0.355 e. The van der Waals surface area contributed by atoms with Crippen molar-refractivity contribution < 1.29 is 9.18 Å². The lowest BCUT2D eigenvalue weighted by molar-refractivity contribution is -0.118. The van der Waals surface area contributed by atoms with Crippen molar-refractivity contribution >= 4 is 40.1 Å². The van der Waals surface area contributed by atoms with Crippen molar-refractivity contribution in [2.45, 2.75) is 19.9 Å². The normalized spacial score (nSPS) is 11.0. The molecular formula is C13H14Cl2FN3O. The molecule has 1 N–H and O–H groups in total. The lowest BCUT2D eigenvalue weighted by Gasteiger charge is -2.09. The van der Waals surface area contributed by atoms with Gasteiger partial charge >= 0.3 is 0 Å². The van der Waals surface area contributed by atoms with Crippen LogP contribution in [0.25, 0.3) is 11.0 Å². The molecule has 0 spiro atoms. The van der Waals surface area contributed by atoms with Crippen LogP contribution in [0.15, 0.2) is 12.1 Å². The van der Waals surface area contributed by atoms with E-state index in [1.165, 1.54) is 19.1 Å². The summed E-state index contributed by atoms with van der Waals surface area (Å²) in [5.74, 6) is 0.571. The molecule has 1 aromatic heterocycles. The molecule has 4 nitrogen and oxygen atoms in total. The number of halogens is 3. The maximum absolute atomic E-state index is 13.6. The van der Waals surface area contributed by atoms with Crippen molar-refractivity contribution in [1.82, 2.24) is 14.9 Å². The van der Waals surface area contributed by atoms with Crippen LogP contribution in [0.5, 0.6) is 0 Å². The van der Waals surface area contributed by atoms with Gasteiger partial charge in [0.15, 0.2) is 0 Å². The molecule has 0 unspecified atom stereocenters. The van der Waals surface area contributed by atoms with Crippen LogP contribution in [0.3, 0.4) is 0 Å². The third-order valence-electron chi connectivity index (χ3n) is 2.90. The van der Waals surface area contributed by atoms with Gasteiger partial charge in [0.2, 0.25) is 5.91 Å². The van der Waals surface area contributed by atoms with Crippen LogP contribution in [0.2, 0.25) is 5.02 Å². The fourth-order valence-electron chi connectivity index (χ4n) is 2.04. The minimum Gasteiger partial charge on any atom is -0.355 e. The second-order valence-electron chi connectivity index (χ2n) is 4.36. The summed E-state index contributed by atoms with van der Waals surface area (Å²) in [6.07, 6.45) is 0.565. The van der Waals surface area contributed by atoms with Crippen LogP contribution >= 0.6 is 23.2 Å². The van der Waals surface area contributed by atoms with Gasteiger partial charge < -0.3 is 9.88 Å². The Morgan fingerprint density at radius 3 is 2.90 bits per heavy atom. The summed E-state index contributed by atoms with van der Waals surface area (Å²) >= 11 is 11.5. The smallest absolute Gasteiger partial charge is 0.216 e. The molecule has 0 bridgehead atoms. The molecule has 2 rings (SSSR count). The lowest BCUT2D eigenvalue weighted by Crippen LogP contribution is -2.25. The summed E-state index contributed by atoms with van der Waals surface area (Å²) in [6, 6.07) is 2.86. The monoisotopic (exact) mass is 317 g/mol. The molecule has 0 saturated carbocycles. The summed E-state index contributed by atoms with van der Waals surface area (Å²) in [5.41, 5.74) is 1.27. The summed E-state index contributed by atoms with van der Waals surface area (Å²) in [5, 5.41) is 2.75. The van der Waals surface area contributed by atoms with E-state index in [9.17, 15) is 9.18 Å². The first kappa shape index (κ1) is 15.1. The Morgan fingerprint density at radius 1 is 1.50 bits per heavy atom. The van der Waals surface area contributed by atoms with Gasteiger partial charge in [-0.25, -0.2) is 9.37 Å². The average molecular weight is 318 g/mol. The SMILES string of the molecule is CC(=O)NCCn1c(CCCl)nc2cc(Cl)c(F)cc21. The Hall–Kier alpha value is -1.33. The molecule has 108 valence electrons. The first-order valence-electron chi connectivity index (χ1n) is 6.17. The number of aryl methyl sites for hydroxylation is 1. The zero-order valence-corrected chi connectivity index (χ0v) is 12.4. The van der Waals surface area contributed by atoms with Gasteiger partial charge in [0.25, 0.3) is 0 Å². The third kappa shape index (κ3) is 3.22. The fraction of sp³-hybridized carbons (Fsp3) is 0.385. The number of aromatic nitrogens is 2. The van der Waals surface area contributed by atoms with Crippen molar-refractivity contribution in [3.63, 3.8) is 0 Å². The van der Waals surface area contributed by atoms with E-state index < -0.39 is 5.82 Å². The maximum Gasteiger partial charge on any atom is 0.216 e. The highest BCUT2D eigenvalue weighted by atomic mass is 35.5. The molecule has 1 amide bonds. The number of nitrogens with zero attached hydrogens (tertiary/aromatic N) is 2. The van der Waals surface area contributed by atoms with E-state index >= 15 is 0 Å². The van der Waals surface area contributed by atoms with Crippen molar-refractivity contribution in [2.24, 2.45) is 0 Å². The average Bonchev–Trinajstić information content (AvgIpc) is 2.68. The minimum absolute atomic E-state index is 0.0430. The molecular weight excluding hydrogens is 304 g/mol. The van der Waals surface area contributed by atoms with E-state index in [2.05, 4.69) is 10.3 Å². The van der Waals surface area contributed by atoms with E-state index in [4.69, 9.17) is 23.2 Å². The number of benzene rings is 1. The maximum atomic E-state index is 13.6. The highest BCUT2D eigenvalue weighted by Crippen LogP contribution is 2.24. The number of hydrogen-bond acceptors (Lipinski definition) is 2. The number of rotatable bonds is 5. The molecule has 0 aliphatic rings. The molecule has 7 heteroatoms. The molecule has 1 aromatic carbocycles. The third-order valence-corrected chi connectivity index (χ3v) is 3.38. The van der Waals surface area contributed by atoms with Gasteiger partial charge in [-0.05, 0) is 6.07 Å². The van der Waals surface area contributed by atoms with E-state index in [1.807, 2.05) is 4.57 Å². The Balaban J connectivity index is 2.39. The second-order valence-corrected chi connectivity index (χ2v) is 5.14. The zero-order valence-electron chi connectivity index (χ0n) is 10.9. The number of imidazole rings is 1. The van der Waals surface area contributed by atoms with Crippen LogP contribution in [0, 0.1) is 5.82 Å². The van der Waals surface area contributed by atoms with Gasteiger partial charge in [-0.15, -0.1) is 11.6 Å². The van der Waals surface area contributed by atoms with E-state index in [1.54, 1.807) is 0 Å². The number of nitrogens with one attached hydrogen (secondary N) is 1. The van der Waals surface area contributed by atoms with Crippen LogP contribution in [-0.2, 0) is 17.8 Å². The molecule has 20 heavy (non-hydrogen) atoms. The van der Waals surface area contributed by atoms with Crippen molar-refractivity contribution in [1.29, 1.82) is 0 Å². The van der Waals surface area contributed by atoms with Crippen molar-refractivity contribution in [3.05, 3.63) is 28.8 Å². The molecule has 1 heterocycles. The highest BCUT2D eigenvalue weighted by molar-refractivity contribution is 6.31. The van der Waals surface area contributed by atoms with E-state index in [0.29, 0.717) is 36.4 Å². The number of alkyl halides is 1. The highest BCUT2D eigenvalue weighted by Gasteiger charge is 2.13. The second kappa shape index (κ2) is 6.41. The summed E-state index contributed by atoms with van der Waals surface area (Å²) in [7, 11) is 0. The summed E-state index contributed by atoms with van der Waals surface area (Å²) in [4.78, 5) is 15.3. The zero-order chi connectivity index (χ0) is 14.7. The fourth-order valence-corrected chi connectivity index (χ4v) is 2.37. The number of carbonyl (C=O) groups excluding carboxylic acids is 1. The molecule has 0 fully saturated rings. The van der Waals surface area contributed by atoms with Crippen LogP contribution in [0.4, 0.5) is 4.39 Å². The van der Waals surface area contributed by atoms with E-state index in [-0.39, 0.29) is 10.9 Å². The van der Waals surface area contributed by atoms with Crippen molar-refractivity contribution in [3.8, 4) is 0 Å². The van der Waals surface area contributed by atoms with Crippen LogP contribution < -0.4 is 5.32 Å². The molecule has 0 aliphatic carbocycles. The number of hydrogen-bond donors (Lipinski definition) is 1. The van der Waals surface area contributed by atoms with Gasteiger partial charge in [-0.1, -0.05) is 11.6 Å². The van der Waals surface area contributed by atoms with Crippen LogP contribution in [-0.4, -0.2) is 27.9 Å². The topological polar surface area (TPSA) is 46.9 Å². The number of amides is 1. The molecule has 2 aromatic rings. The van der Waals surface area contributed by atoms with Gasteiger partial charge in [-0.2, -0.15) is 0 Å². The Labute approximate surface area is 125 Å². The Morgan fingerprint density at radius 2 is 2.25 bits per heavy atom. The van der Waals surface area contributed by atoms with Gasteiger partial charge in [0.05, 0.1) is 16.1 Å². The Kier molecular flexibility index (Phi) is 4.83. The lowest BCUT2D eigenvalue weighted by atomic mass is 10.3. The predicted molar refractivity (Wildman–Crippen MR) is 77.8 cm³/mol. The van der Waals surface area contributed by atoms with Crippen molar-refractivity contribution in [2.75, 3.05) is 12.4 Å². The first-order chi connectivity index (χ1) is 9.52. The quantitative estimate of drug-likeness (QED) is 0.862. The van der Waals surface area contributed by atoms with Gasteiger partial charge in [0.1, 0.15) is 11.6 Å². The molecule has 0 atom stereocenters. The number of carbonyl (C=O) groups is 1. The van der Waals surface area contributed by atoms with E-state index in [0.717, 1.165) is 5.82 Å². The first-order valence-corrected chi connectivity index (χ1v) is 7.08.